The Morgan fingerprint density at radius 3 is 1.26 bits per heavy atom. The molecule has 70 heavy (non-hydrogen) atoms. The van der Waals surface area contributed by atoms with Gasteiger partial charge in [0.15, 0.2) is 0 Å². The molecule has 18 heteroatoms. The van der Waals surface area contributed by atoms with Gasteiger partial charge in [0.05, 0.1) is 24.2 Å². The molecule has 380 valence electrons. The SMILES string of the molecule is CN(CCCNC(=O)CCCCCC1CCC2NC(=O)NC12)CCCN1C(=O)c2ccc3c4c(ccc(c24)C1=O)C(=O)N(CCCN(C)CCCNC(=O)CCCCCC1CCC2NC(=O)NC12)C3=O. The maximum Gasteiger partial charge on any atom is 0.315 e. The maximum atomic E-state index is 13.8. The number of unbranched alkanes of at least 4 members (excludes halogenated alkanes) is 4. The number of amides is 10. The van der Waals surface area contributed by atoms with Gasteiger partial charge in [-0.2, -0.15) is 0 Å². The standard InChI is InChI=1S/C52H74N10O8/c1-59(27-9-25-53-41(63)15-7-3-5-13-33-17-23-39-45(33)57-51(69)55-39)29-11-31-61-47(65)35-19-21-37-44-38(22-20-36(43(35)44)48(61)66)50(68)62(49(37)67)32-12-30-60(2)28-10-26-54-42(64)16-8-4-6-14-34-18-24-40-46(34)58-52(70)56-40/h19-22,33-34,39-40,45-46H,3-18,23-32H2,1-2H3,(H,53,63)(H,54,64)(H2,55,57,69)(H2,56,58,70). The monoisotopic (exact) mass is 967 g/mol. The van der Waals surface area contributed by atoms with Gasteiger partial charge in [-0.15, -0.1) is 0 Å². The Morgan fingerprint density at radius 2 is 0.871 bits per heavy atom. The van der Waals surface area contributed by atoms with E-state index in [9.17, 15) is 38.4 Å². The van der Waals surface area contributed by atoms with Gasteiger partial charge >= 0.3 is 12.1 Å². The van der Waals surface area contributed by atoms with Gasteiger partial charge in [-0.25, -0.2) is 9.59 Å². The molecule has 4 aliphatic heterocycles. The molecule has 2 saturated heterocycles. The van der Waals surface area contributed by atoms with Crippen molar-refractivity contribution >= 4 is 58.3 Å². The van der Waals surface area contributed by atoms with Gasteiger partial charge in [-0.3, -0.25) is 38.6 Å². The molecular weight excluding hydrogens is 893 g/mol. The van der Waals surface area contributed by atoms with Crippen molar-refractivity contribution in [2.45, 2.75) is 140 Å². The lowest BCUT2D eigenvalue weighted by Crippen LogP contribution is -2.44. The molecule has 6 aliphatic rings. The summed E-state index contributed by atoms with van der Waals surface area (Å²) in [5.41, 5.74) is 1.23. The average Bonchev–Trinajstić information content (AvgIpc) is 4.11. The van der Waals surface area contributed by atoms with Gasteiger partial charge in [0.1, 0.15) is 0 Å². The third-order valence-corrected chi connectivity index (χ3v) is 15.7. The summed E-state index contributed by atoms with van der Waals surface area (Å²) < 4.78 is 0. The maximum absolute atomic E-state index is 13.8. The largest absolute Gasteiger partial charge is 0.356 e. The highest BCUT2D eigenvalue weighted by Crippen LogP contribution is 2.38. The molecule has 8 rings (SSSR count). The summed E-state index contributed by atoms with van der Waals surface area (Å²) >= 11 is 0. The first-order valence-corrected chi connectivity index (χ1v) is 26.2. The summed E-state index contributed by atoms with van der Waals surface area (Å²) in [5.74, 6) is -0.595. The van der Waals surface area contributed by atoms with Gasteiger partial charge in [0, 0.05) is 72.0 Å². The zero-order valence-electron chi connectivity index (χ0n) is 41.2. The van der Waals surface area contributed by atoms with Crippen LogP contribution in [0.4, 0.5) is 9.59 Å². The molecule has 2 aliphatic carbocycles. The summed E-state index contributed by atoms with van der Waals surface area (Å²) in [6.45, 7) is 4.37. The molecule has 4 heterocycles. The van der Waals surface area contributed by atoms with Crippen LogP contribution in [-0.4, -0.2) is 158 Å². The van der Waals surface area contributed by atoms with Crippen molar-refractivity contribution < 1.29 is 38.4 Å². The van der Waals surface area contributed by atoms with E-state index in [0.717, 1.165) is 103 Å². The molecule has 0 aromatic heterocycles. The van der Waals surface area contributed by atoms with Crippen molar-refractivity contribution in [3.05, 3.63) is 46.5 Å². The Morgan fingerprint density at radius 1 is 0.500 bits per heavy atom. The average molecular weight is 967 g/mol. The van der Waals surface area contributed by atoms with Crippen LogP contribution in [0.3, 0.4) is 0 Å². The number of hydrogen-bond acceptors (Lipinski definition) is 10. The van der Waals surface area contributed by atoms with Crippen molar-refractivity contribution in [3.8, 4) is 0 Å². The third-order valence-electron chi connectivity index (χ3n) is 15.7. The highest BCUT2D eigenvalue weighted by atomic mass is 16.2. The molecule has 2 saturated carbocycles. The minimum Gasteiger partial charge on any atom is -0.356 e. The van der Waals surface area contributed by atoms with Crippen LogP contribution in [0.5, 0.6) is 0 Å². The highest BCUT2D eigenvalue weighted by molar-refractivity contribution is 6.33. The minimum atomic E-state index is -0.438. The Kier molecular flexibility index (Phi) is 17.1. The van der Waals surface area contributed by atoms with Crippen LogP contribution < -0.4 is 31.9 Å². The first kappa shape index (κ1) is 50.8. The van der Waals surface area contributed by atoms with Gasteiger partial charge in [-0.05, 0) is 153 Å². The Balaban J connectivity index is 0.689. The van der Waals surface area contributed by atoms with E-state index in [1.165, 1.54) is 9.80 Å². The zero-order valence-corrected chi connectivity index (χ0v) is 41.2. The van der Waals surface area contributed by atoms with E-state index in [2.05, 4.69) is 41.7 Å². The van der Waals surface area contributed by atoms with Crippen molar-refractivity contribution in [1.29, 1.82) is 0 Å². The fraction of sp³-hybridized carbons (Fsp3) is 0.654. The first-order valence-electron chi connectivity index (χ1n) is 26.2. The van der Waals surface area contributed by atoms with Gasteiger partial charge in [0.25, 0.3) is 23.6 Å². The zero-order chi connectivity index (χ0) is 49.3. The summed E-state index contributed by atoms with van der Waals surface area (Å²) in [7, 11) is 3.96. The van der Waals surface area contributed by atoms with E-state index in [1.54, 1.807) is 24.3 Å². The number of nitrogens with zero attached hydrogens (tertiary/aromatic N) is 4. The minimum absolute atomic E-state index is 0.0516. The van der Waals surface area contributed by atoms with E-state index in [-0.39, 0.29) is 61.1 Å². The van der Waals surface area contributed by atoms with Gasteiger partial charge in [0.2, 0.25) is 11.8 Å². The van der Waals surface area contributed by atoms with E-state index in [0.29, 0.717) is 96.7 Å². The predicted octanol–water partition coefficient (Wildman–Crippen LogP) is 4.51. The topological polar surface area (TPSA) is 222 Å². The summed E-state index contributed by atoms with van der Waals surface area (Å²) in [6, 6.07) is 7.37. The number of fused-ring (bicyclic) bond motifs is 2. The number of urea groups is 2. The van der Waals surface area contributed by atoms with E-state index in [1.807, 2.05) is 14.1 Å². The molecule has 0 radical (unpaired) electrons. The second-order valence-electron chi connectivity index (χ2n) is 20.7. The van der Waals surface area contributed by atoms with Crippen LogP contribution in [-0.2, 0) is 9.59 Å². The number of carbonyl (C=O) groups is 8. The number of benzene rings is 2. The lowest BCUT2D eigenvalue weighted by atomic mass is 9.86. The van der Waals surface area contributed by atoms with Gasteiger partial charge in [-0.1, -0.05) is 25.7 Å². The van der Waals surface area contributed by atoms with Crippen molar-refractivity contribution in [2.75, 3.05) is 66.5 Å². The fourth-order valence-electron chi connectivity index (χ4n) is 12.0. The van der Waals surface area contributed by atoms with Crippen molar-refractivity contribution in [1.82, 2.24) is 51.5 Å². The fourth-order valence-corrected chi connectivity index (χ4v) is 12.0. The van der Waals surface area contributed by atoms with Gasteiger partial charge < -0.3 is 41.7 Å². The molecule has 2 aromatic rings. The first-order chi connectivity index (χ1) is 33.9. The van der Waals surface area contributed by atoms with Crippen molar-refractivity contribution in [2.24, 2.45) is 11.8 Å². The predicted molar refractivity (Wildman–Crippen MR) is 264 cm³/mol. The number of imide groups is 2. The number of nitrogens with one attached hydrogen (secondary N) is 6. The van der Waals surface area contributed by atoms with Crippen LogP contribution in [0.1, 0.15) is 157 Å². The molecule has 10 amide bonds. The molecule has 6 N–H and O–H groups in total. The molecule has 18 nitrogen and oxygen atoms in total. The second kappa shape index (κ2) is 23.5. The second-order valence-corrected chi connectivity index (χ2v) is 20.7. The van der Waals surface area contributed by atoms with Crippen LogP contribution in [0, 0.1) is 11.8 Å². The smallest absolute Gasteiger partial charge is 0.315 e. The molecule has 0 spiro atoms. The molecular formula is C52H74N10O8. The van der Waals surface area contributed by atoms with Crippen LogP contribution in [0.2, 0.25) is 0 Å². The summed E-state index contributed by atoms with van der Waals surface area (Å²) in [4.78, 5) is 110. The third kappa shape index (κ3) is 11.9. The quantitative estimate of drug-likeness (QED) is 0.0518. The van der Waals surface area contributed by atoms with Crippen LogP contribution >= 0.6 is 0 Å². The van der Waals surface area contributed by atoms with E-state index in [4.69, 9.17) is 0 Å². The van der Waals surface area contributed by atoms with Crippen LogP contribution in [0.15, 0.2) is 24.3 Å². The van der Waals surface area contributed by atoms with Crippen LogP contribution in [0.25, 0.3) is 10.8 Å². The van der Waals surface area contributed by atoms with E-state index < -0.39 is 23.6 Å². The lowest BCUT2D eigenvalue weighted by molar-refractivity contribution is -0.122. The summed E-state index contributed by atoms with van der Waals surface area (Å²) in [5, 5.41) is 18.9. The molecule has 6 atom stereocenters. The molecule has 2 aromatic carbocycles. The Bertz CT molecular complexity index is 2080. The number of hydrogen-bond donors (Lipinski definition) is 6. The Labute approximate surface area is 411 Å². The molecule has 0 bridgehead atoms. The number of carbonyl (C=O) groups excluding carboxylic acids is 8. The van der Waals surface area contributed by atoms with Crippen molar-refractivity contribution in [3.63, 3.8) is 0 Å². The molecule has 6 unspecified atom stereocenters. The summed E-state index contributed by atoms with van der Waals surface area (Å²) in [6.07, 6.45) is 16.0. The molecule has 4 fully saturated rings. The van der Waals surface area contributed by atoms with E-state index >= 15 is 0 Å². The number of rotatable bonds is 28. The normalized spacial score (nSPS) is 23.3. The highest BCUT2D eigenvalue weighted by Gasteiger charge is 2.43. The Hall–Kier alpha value is -5.62. The lowest BCUT2D eigenvalue weighted by Gasteiger charge is -2.32.